The minimum Gasteiger partial charge on any atom is -0.494 e. The number of benzene rings is 2. The van der Waals surface area contributed by atoms with Gasteiger partial charge in [-0.15, -0.1) is 0 Å². The molecule has 0 N–H and O–H groups in total. The third-order valence-corrected chi connectivity index (χ3v) is 4.28. The largest absolute Gasteiger partial charge is 0.494 e. The fourth-order valence-electron chi connectivity index (χ4n) is 2.61. The van der Waals surface area contributed by atoms with Gasteiger partial charge in [-0.05, 0) is 61.0 Å². The Balaban J connectivity index is 1.93. The third kappa shape index (κ3) is 4.63. The average molecular weight is 385 g/mol. The van der Waals surface area contributed by atoms with Gasteiger partial charge in [-0.1, -0.05) is 23.7 Å². The minimum absolute atomic E-state index is 0.169. The number of rotatable bonds is 6. The van der Waals surface area contributed by atoms with Crippen LogP contribution in [0.3, 0.4) is 0 Å². The lowest BCUT2D eigenvalue weighted by atomic mass is 10.1. The first-order valence-electron chi connectivity index (χ1n) is 8.48. The predicted molar refractivity (Wildman–Crippen MR) is 104 cm³/mol. The molecular weight excluding hydrogens is 367 g/mol. The van der Waals surface area contributed by atoms with Crippen LogP contribution >= 0.6 is 11.6 Å². The SMILES string of the molecule is CCOc1ccc(C(=O)N(Cc2ccc(F)cc2Cl)c2ccccn2)cc1. The Morgan fingerprint density at radius 1 is 1.15 bits per heavy atom. The number of carbonyl (C=O) groups is 1. The summed E-state index contributed by atoms with van der Waals surface area (Å²) in [5.74, 6) is 0.514. The van der Waals surface area contributed by atoms with Crippen molar-refractivity contribution in [1.82, 2.24) is 4.98 Å². The van der Waals surface area contributed by atoms with Crippen molar-refractivity contribution in [3.8, 4) is 5.75 Å². The number of anilines is 1. The molecule has 1 aromatic heterocycles. The molecular formula is C21H18ClFN2O2. The van der Waals surface area contributed by atoms with Gasteiger partial charge in [0.25, 0.3) is 5.91 Å². The highest BCUT2D eigenvalue weighted by molar-refractivity contribution is 6.31. The molecule has 3 rings (SSSR count). The summed E-state index contributed by atoms with van der Waals surface area (Å²) in [5, 5.41) is 0.260. The maximum atomic E-state index is 13.3. The van der Waals surface area contributed by atoms with Gasteiger partial charge in [-0.25, -0.2) is 9.37 Å². The minimum atomic E-state index is -0.425. The number of pyridine rings is 1. The molecule has 3 aromatic rings. The summed E-state index contributed by atoms with van der Waals surface area (Å²) in [6, 6.07) is 16.3. The second kappa shape index (κ2) is 8.64. The molecule has 138 valence electrons. The van der Waals surface area contributed by atoms with Crippen molar-refractivity contribution in [2.75, 3.05) is 11.5 Å². The molecule has 1 heterocycles. The van der Waals surface area contributed by atoms with Crippen molar-refractivity contribution in [3.63, 3.8) is 0 Å². The molecule has 0 radical (unpaired) electrons. The van der Waals surface area contributed by atoms with E-state index in [-0.39, 0.29) is 17.5 Å². The zero-order chi connectivity index (χ0) is 19.2. The van der Waals surface area contributed by atoms with Crippen molar-refractivity contribution in [1.29, 1.82) is 0 Å². The Labute approximate surface area is 162 Å². The number of hydrogen-bond donors (Lipinski definition) is 0. The molecule has 0 aliphatic rings. The smallest absolute Gasteiger partial charge is 0.259 e. The van der Waals surface area contributed by atoms with Gasteiger partial charge >= 0.3 is 0 Å². The van der Waals surface area contributed by atoms with Gasteiger partial charge < -0.3 is 4.74 Å². The fraction of sp³-hybridized carbons (Fsp3) is 0.143. The van der Waals surface area contributed by atoms with Gasteiger partial charge in [-0.3, -0.25) is 9.69 Å². The zero-order valence-corrected chi connectivity index (χ0v) is 15.5. The van der Waals surface area contributed by atoms with Gasteiger partial charge in [0.1, 0.15) is 17.4 Å². The number of ether oxygens (including phenoxy) is 1. The highest BCUT2D eigenvalue weighted by Gasteiger charge is 2.20. The van der Waals surface area contributed by atoms with Crippen molar-refractivity contribution < 1.29 is 13.9 Å². The van der Waals surface area contributed by atoms with Crippen LogP contribution in [0.5, 0.6) is 5.75 Å². The van der Waals surface area contributed by atoms with Crippen LogP contribution < -0.4 is 9.64 Å². The van der Waals surface area contributed by atoms with E-state index in [1.165, 1.54) is 17.0 Å². The first kappa shape index (κ1) is 18.9. The number of amides is 1. The maximum absolute atomic E-state index is 13.3. The third-order valence-electron chi connectivity index (χ3n) is 3.93. The zero-order valence-electron chi connectivity index (χ0n) is 14.7. The standard InChI is InChI=1S/C21H18ClFN2O2/c1-2-27-18-10-7-15(8-11-18)21(26)25(20-5-3-4-12-24-20)14-16-6-9-17(23)13-19(16)22/h3-13H,2,14H2,1H3. The molecule has 0 spiro atoms. The normalized spacial score (nSPS) is 10.5. The molecule has 0 aliphatic heterocycles. The first-order chi connectivity index (χ1) is 13.1. The summed E-state index contributed by atoms with van der Waals surface area (Å²) >= 11 is 6.15. The highest BCUT2D eigenvalue weighted by atomic mass is 35.5. The Morgan fingerprint density at radius 2 is 1.93 bits per heavy atom. The van der Waals surface area contributed by atoms with Gasteiger partial charge in [0.15, 0.2) is 0 Å². The van der Waals surface area contributed by atoms with Crippen LogP contribution in [-0.4, -0.2) is 17.5 Å². The molecule has 0 atom stereocenters. The lowest BCUT2D eigenvalue weighted by molar-refractivity contribution is 0.0984. The number of halogens is 2. The summed E-state index contributed by atoms with van der Waals surface area (Å²) in [7, 11) is 0. The second-order valence-corrected chi connectivity index (χ2v) is 6.18. The summed E-state index contributed by atoms with van der Waals surface area (Å²) in [5.41, 5.74) is 1.12. The fourth-order valence-corrected chi connectivity index (χ4v) is 2.83. The van der Waals surface area contributed by atoms with Crippen molar-refractivity contribution >= 4 is 23.3 Å². The Bertz CT molecular complexity index is 917. The van der Waals surface area contributed by atoms with Crippen LogP contribution in [0.1, 0.15) is 22.8 Å². The number of aromatic nitrogens is 1. The van der Waals surface area contributed by atoms with E-state index < -0.39 is 5.82 Å². The summed E-state index contributed by atoms with van der Waals surface area (Å²) < 4.78 is 18.8. The van der Waals surface area contributed by atoms with Crippen LogP contribution in [0.15, 0.2) is 66.9 Å². The molecule has 1 amide bonds. The summed E-state index contributed by atoms with van der Waals surface area (Å²) in [6.07, 6.45) is 1.61. The average Bonchev–Trinajstić information content (AvgIpc) is 2.68. The van der Waals surface area contributed by atoms with E-state index in [9.17, 15) is 9.18 Å². The van der Waals surface area contributed by atoms with Crippen LogP contribution in [-0.2, 0) is 6.54 Å². The van der Waals surface area contributed by atoms with Crippen LogP contribution in [0, 0.1) is 5.82 Å². The topological polar surface area (TPSA) is 42.4 Å². The maximum Gasteiger partial charge on any atom is 0.259 e. The molecule has 0 unspecified atom stereocenters. The first-order valence-corrected chi connectivity index (χ1v) is 8.86. The van der Waals surface area contributed by atoms with E-state index in [0.717, 1.165) is 0 Å². The summed E-state index contributed by atoms with van der Waals surface area (Å²) in [4.78, 5) is 18.9. The molecule has 0 aliphatic carbocycles. The molecule has 0 fully saturated rings. The van der Waals surface area contributed by atoms with Crippen molar-refractivity contribution in [2.45, 2.75) is 13.5 Å². The predicted octanol–water partition coefficient (Wildman–Crippen LogP) is 5.12. The van der Waals surface area contributed by atoms with Crippen LogP contribution in [0.2, 0.25) is 5.02 Å². The van der Waals surface area contributed by atoms with Gasteiger partial charge in [0.05, 0.1) is 13.2 Å². The van der Waals surface area contributed by atoms with Gasteiger partial charge in [-0.2, -0.15) is 0 Å². The van der Waals surface area contributed by atoms with Gasteiger partial charge in [0, 0.05) is 16.8 Å². The van der Waals surface area contributed by atoms with E-state index in [4.69, 9.17) is 16.3 Å². The Hall–Kier alpha value is -2.92. The van der Waals surface area contributed by atoms with Gasteiger partial charge in [0.2, 0.25) is 0 Å². The molecule has 0 saturated heterocycles. The molecule has 2 aromatic carbocycles. The number of nitrogens with zero attached hydrogens (tertiary/aromatic N) is 2. The number of carbonyl (C=O) groups excluding carboxylic acids is 1. The molecule has 27 heavy (non-hydrogen) atoms. The molecule has 4 nitrogen and oxygen atoms in total. The Morgan fingerprint density at radius 3 is 2.56 bits per heavy atom. The lowest BCUT2D eigenvalue weighted by Gasteiger charge is -2.22. The second-order valence-electron chi connectivity index (χ2n) is 5.77. The van der Waals surface area contributed by atoms with Crippen molar-refractivity contribution in [2.24, 2.45) is 0 Å². The van der Waals surface area contributed by atoms with E-state index in [0.29, 0.717) is 29.3 Å². The highest BCUT2D eigenvalue weighted by Crippen LogP contribution is 2.24. The van der Waals surface area contributed by atoms with E-state index in [1.807, 2.05) is 6.92 Å². The van der Waals surface area contributed by atoms with E-state index in [2.05, 4.69) is 4.98 Å². The van der Waals surface area contributed by atoms with Crippen molar-refractivity contribution in [3.05, 3.63) is 88.8 Å². The number of hydrogen-bond acceptors (Lipinski definition) is 3. The summed E-state index contributed by atoms with van der Waals surface area (Å²) in [6.45, 7) is 2.62. The quantitative estimate of drug-likeness (QED) is 0.592. The van der Waals surface area contributed by atoms with Crippen LogP contribution in [0.25, 0.3) is 0 Å². The monoisotopic (exact) mass is 384 g/mol. The van der Waals surface area contributed by atoms with Crippen LogP contribution in [0.4, 0.5) is 10.2 Å². The Kier molecular flexibility index (Phi) is 6.04. The molecule has 6 heteroatoms. The lowest BCUT2D eigenvalue weighted by Crippen LogP contribution is -2.31. The molecule has 0 saturated carbocycles. The molecule has 0 bridgehead atoms. The van der Waals surface area contributed by atoms with E-state index in [1.54, 1.807) is 54.7 Å². The van der Waals surface area contributed by atoms with E-state index >= 15 is 0 Å².